The van der Waals surface area contributed by atoms with Crippen molar-refractivity contribution in [3.05, 3.63) is 79.5 Å². The molecule has 1 aromatic heterocycles. The van der Waals surface area contributed by atoms with Crippen LogP contribution >= 0.6 is 34.5 Å². The van der Waals surface area contributed by atoms with Crippen LogP contribution in [0, 0.1) is 12.7 Å². The molecule has 0 unspecified atom stereocenters. The Hall–Kier alpha value is -2.04. The number of aromatic nitrogens is 1. The van der Waals surface area contributed by atoms with Crippen molar-refractivity contribution < 1.29 is 17.6 Å². The first-order valence-corrected chi connectivity index (χ1v) is 13.7. The normalized spacial score (nSPS) is 15.4. The number of nitrogens with zero attached hydrogens (tertiary/aromatic N) is 2. The average molecular weight is 542 g/mol. The zero-order chi connectivity index (χ0) is 24.5. The molecule has 0 atom stereocenters. The highest BCUT2D eigenvalue weighted by Crippen LogP contribution is 2.33. The van der Waals surface area contributed by atoms with E-state index in [9.17, 15) is 17.6 Å². The second kappa shape index (κ2) is 10.3. The fraction of sp³-hybridized carbons (Fsp3) is 0.304. The Labute approximate surface area is 211 Å². The van der Waals surface area contributed by atoms with Crippen LogP contribution in [0.25, 0.3) is 0 Å². The fourth-order valence-electron chi connectivity index (χ4n) is 3.73. The van der Waals surface area contributed by atoms with Gasteiger partial charge >= 0.3 is 0 Å². The number of halogens is 3. The molecule has 1 N–H and O–H groups in total. The average Bonchev–Trinajstić information content (AvgIpc) is 3.32. The smallest absolute Gasteiger partial charge is 0.271 e. The number of sulfonamides is 1. The number of rotatable bonds is 6. The van der Waals surface area contributed by atoms with Gasteiger partial charge in [0.2, 0.25) is 10.0 Å². The number of hydrogen-bond acceptors (Lipinski definition) is 5. The number of amides is 1. The van der Waals surface area contributed by atoms with E-state index in [0.29, 0.717) is 42.2 Å². The Morgan fingerprint density at radius 2 is 1.91 bits per heavy atom. The lowest BCUT2D eigenvalue weighted by Gasteiger charge is -2.30. The van der Waals surface area contributed by atoms with E-state index in [2.05, 4.69) is 10.3 Å². The Kier molecular flexibility index (Phi) is 7.59. The second-order valence-electron chi connectivity index (χ2n) is 8.09. The maximum absolute atomic E-state index is 13.3. The summed E-state index contributed by atoms with van der Waals surface area (Å²) < 4.78 is 40.7. The van der Waals surface area contributed by atoms with Crippen LogP contribution in [-0.4, -0.2) is 36.7 Å². The third-order valence-corrected chi connectivity index (χ3v) is 9.37. The van der Waals surface area contributed by atoms with Crippen LogP contribution in [0.3, 0.4) is 0 Å². The molecular formula is C23H22Cl2FN3O3S2. The minimum atomic E-state index is -3.62. The highest BCUT2D eigenvalue weighted by atomic mass is 35.5. The Morgan fingerprint density at radius 1 is 1.18 bits per heavy atom. The Balaban J connectivity index is 1.35. The Morgan fingerprint density at radius 3 is 2.59 bits per heavy atom. The topological polar surface area (TPSA) is 79.4 Å². The van der Waals surface area contributed by atoms with Crippen molar-refractivity contribution in [1.82, 2.24) is 14.6 Å². The van der Waals surface area contributed by atoms with Gasteiger partial charge in [0, 0.05) is 36.0 Å². The number of thiazole rings is 1. The summed E-state index contributed by atoms with van der Waals surface area (Å²) in [7, 11) is -3.62. The minimum Gasteiger partial charge on any atom is -0.347 e. The van der Waals surface area contributed by atoms with Gasteiger partial charge < -0.3 is 5.32 Å². The first-order chi connectivity index (χ1) is 16.1. The summed E-state index contributed by atoms with van der Waals surface area (Å²) in [5, 5.41) is 5.69. The molecule has 0 saturated carbocycles. The van der Waals surface area contributed by atoms with Gasteiger partial charge in [0.1, 0.15) is 11.5 Å². The van der Waals surface area contributed by atoms with Crippen molar-refractivity contribution in [2.24, 2.45) is 0 Å². The molecule has 1 fully saturated rings. The number of aryl methyl sites for hydroxylation is 1. The van der Waals surface area contributed by atoms with Crippen LogP contribution in [0.5, 0.6) is 0 Å². The fourth-order valence-corrected chi connectivity index (χ4v) is 6.64. The van der Waals surface area contributed by atoms with E-state index in [1.807, 2.05) is 6.92 Å². The molecule has 0 aliphatic carbocycles. The number of hydrogen-bond donors (Lipinski definition) is 1. The lowest BCUT2D eigenvalue weighted by molar-refractivity contribution is 0.0946. The van der Waals surface area contributed by atoms with E-state index in [0.717, 1.165) is 10.6 Å². The molecule has 11 heteroatoms. The van der Waals surface area contributed by atoms with Crippen molar-refractivity contribution in [2.45, 2.75) is 37.1 Å². The quantitative estimate of drug-likeness (QED) is 0.453. The zero-order valence-electron chi connectivity index (χ0n) is 18.2. The van der Waals surface area contributed by atoms with Gasteiger partial charge in [0.25, 0.3) is 5.91 Å². The first kappa shape index (κ1) is 25.1. The largest absolute Gasteiger partial charge is 0.347 e. The molecule has 1 aliphatic rings. The molecule has 34 heavy (non-hydrogen) atoms. The van der Waals surface area contributed by atoms with Crippen molar-refractivity contribution >= 4 is 50.5 Å². The van der Waals surface area contributed by atoms with E-state index < -0.39 is 15.8 Å². The van der Waals surface area contributed by atoms with Crippen LogP contribution in [0.1, 0.15) is 45.4 Å². The van der Waals surface area contributed by atoms with Gasteiger partial charge in [-0.2, -0.15) is 4.31 Å². The highest BCUT2D eigenvalue weighted by molar-refractivity contribution is 7.89. The number of nitrogens with one attached hydrogen (secondary N) is 1. The second-order valence-corrected chi connectivity index (χ2v) is 11.7. The summed E-state index contributed by atoms with van der Waals surface area (Å²) in [6, 6.07) is 9.05. The first-order valence-electron chi connectivity index (χ1n) is 10.6. The lowest BCUT2D eigenvalue weighted by atomic mass is 9.99. The molecule has 1 saturated heterocycles. The molecule has 6 nitrogen and oxygen atoms in total. The summed E-state index contributed by atoms with van der Waals surface area (Å²) in [5.74, 6) is -0.767. The SMILES string of the molecule is Cc1ccc(S(=O)(=O)N2CCC(c3nc(C(=O)NCc4ccc(F)c(Cl)c4)cs3)CC2)cc1Cl. The molecule has 0 bridgehead atoms. The molecule has 1 amide bonds. The summed E-state index contributed by atoms with van der Waals surface area (Å²) in [6.07, 6.45) is 1.23. The van der Waals surface area contributed by atoms with Crippen LogP contribution in [0.15, 0.2) is 46.7 Å². The standard InChI is InChI=1S/C23H22Cl2FN3O3S2/c1-14-2-4-17(11-18(14)24)34(31,32)29-8-6-16(7-9-29)23-28-21(13-33-23)22(30)27-12-15-3-5-20(26)19(25)10-15/h2-5,10-11,13,16H,6-9,12H2,1H3,(H,27,30). The number of benzene rings is 2. The van der Waals surface area contributed by atoms with Gasteiger partial charge in [-0.05, 0) is 55.2 Å². The highest BCUT2D eigenvalue weighted by Gasteiger charge is 2.31. The summed E-state index contributed by atoms with van der Waals surface area (Å²) in [5.41, 5.74) is 1.81. The molecule has 2 aromatic carbocycles. The lowest BCUT2D eigenvalue weighted by Crippen LogP contribution is -2.37. The van der Waals surface area contributed by atoms with E-state index in [-0.39, 0.29) is 28.3 Å². The summed E-state index contributed by atoms with van der Waals surface area (Å²) in [4.78, 5) is 17.2. The van der Waals surface area contributed by atoms with Crippen molar-refractivity contribution in [2.75, 3.05) is 13.1 Å². The molecule has 1 aliphatic heterocycles. The molecule has 0 spiro atoms. The third kappa shape index (κ3) is 5.44. The predicted molar refractivity (Wildman–Crippen MR) is 132 cm³/mol. The monoisotopic (exact) mass is 541 g/mol. The molecule has 3 aromatic rings. The number of carbonyl (C=O) groups is 1. The molecular weight excluding hydrogens is 520 g/mol. The maximum atomic E-state index is 13.3. The number of carbonyl (C=O) groups excluding carboxylic acids is 1. The molecule has 180 valence electrons. The van der Waals surface area contributed by atoms with Gasteiger partial charge in [-0.1, -0.05) is 35.3 Å². The third-order valence-electron chi connectivity index (χ3n) is 5.78. The Bertz CT molecular complexity index is 1320. The maximum Gasteiger partial charge on any atom is 0.271 e. The molecule has 0 radical (unpaired) electrons. The van der Waals surface area contributed by atoms with Crippen molar-refractivity contribution in [3.63, 3.8) is 0 Å². The van der Waals surface area contributed by atoms with Crippen LogP contribution in [0.4, 0.5) is 4.39 Å². The summed E-state index contributed by atoms with van der Waals surface area (Å²) in [6.45, 7) is 2.76. The number of piperidine rings is 1. The van der Waals surface area contributed by atoms with Gasteiger partial charge in [-0.3, -0.25) is 4.79 Å². The van der Waals surface area contributed by atoms with E-state index in [1.54, 1.807) is 23.6 Å². The van der Waals surface area contributed by atoms with E-state index in [1.165, 1.54) is 33.8 Å². The van der Waals surface area contributed by atoms with Gasteiger partial charge in [0.05, 0.1) is 14.9 Å². The van der Waals surface area contributed by atoms with Gasteiger partial charge in [-0.25, -0.2) is 17.8 Å². The molecule has 4 rings (SSSR count). The van der Waals surface area contributed by atoms with Crippen LogP contribution in [-0.2, 0) is 16.6 Å². The van der Waals surface area contributed by atoms with Gasteiger partial charge in [0.15, 0.2) is 0 Å². The van der Waals surface area contributed by atoms with Crippen molar-refractivity contribution in [3.8, 4) is 0 Å². The summed E-state index contributed by atoms with van der Waals surface area (Å²) >= 11 is 13.3. The zero-order valence-corrected chi connectivity index (χ0v) is 21.4. The van der Waals surface area contributed by atoms with Crippen LogP contribution < -0.4 is 5.32 Å². The van der Waals surface area contributed by atoms with Crippen molar-refractivity contribution in [1.29, 1.82) is 0 Å². The predicted octanol–water partition coefficient (Wildman–Crippen LogP) is 5.40. The van der Waals surface area contributed by atoms with Crippen LogP contribution in [0.2, 0.25) is 10.0 Å². The van der Waals surface area contributed by atoms with Gasteiger partial charge in [-0.15, -0.1) is 11.3 Å². The van der Waals surface area contributed by atoms with E-state index in [4.69, 9.17) is 23.2 Å². The minimum absolute atomic E-state index is 0.00141. The van der Waals surface area contributed by atoms with E-state index >= 15 is 0 Å². The molecule has 2 heterocycles.